The fourth-order valence-corrected chi connectivity index (χ4v) is 2.17. The Kier molecular flexibility index (Phi) is 4.13. The fraction of sp³-hybridized carbons (Fsp3) is 0.286. The summed E-state index contributed by atoms with van der Waals surface area (Å²) in [5.74, 6) is 0.506. The van der Waals surface area contributed by atoms with Gasteiger partial charge in [0.1, 0.15) is 11.4 Å². The van der Waals surface area contributed by atoms with Gasteiger partial charge in [-0.3, -0.25) is 10.4 Å². The van der Waals surface area contributed by atoms with E-state index in [4.69, 9.17) is 4.74 Å². The lowest BCUT2D eigenvalue weighted by atomic mass is 10.1. The van der Waals surface area contributed by atoms with Gasteiger partial charge in [-0.05, 0) is 26.8 Å². The highest BCUT2D eigenvalue weighted by Crippen LogP contribution is 2.32. The average Bonchev–Trinajstić information content (AvgIpc) is 2.75. The van der Waals surface area contributed by atoms with Crippen LogP contribution in [-0.2, 0) is 4.74 Å². The molecule has 106 valence electrons. The Morgan fingerprint density at radius 1 is 1.30 bits per heavy atom. The van der Waals surface area contributed by atoms with Crippen molar-refractivity contribution in [3.05, 3.63) is 34.9 Å². The van der Waals surface area contributed by atoms with Crippen molar-refractivity contribution >= 4 is 27.8 Å². The SMILES string of the molecule is CC(C)(C)OC(=O)Nc1[nH]ncc1-c1ccccc1Br. The van der Waals surface area contributed by atoms with Crippen LogP contribution in [0.3, 0.4) is 0 Å². The molecule has 0 unspecified atom stereocenters. The molecule has 2 rings (SSSR count). The number of anilines is 1. The Balaban J connectivity index is 2.22. The fourth-order valence-electron chi connectivity index (χ4n) is 1.67. The smallest absolute Gasteiger partial charge is 0.413 e. The largest absolute Gasteiger partial charge is 0.444 e. The molecule has 1 heterocycles. The summed E-state index contributed by atoms with van der Waals surface area (Å²) in [6.07, 6.45) is 1.14. The molecule has 5 nitrogen and oxygen atoms in total. The van der Waals surface area contributed by atoms with Crippen LogP contribution in [0.5, 0.6) is 0 Å². The second-order valence-electron chi connectivity index (χ2n) is 5.27. The highest BCUT2D eigenvalue weighted by atomic mass is 79.9. The van der Waals surface area contributed by atoms with Gasteiger partial charge in [0.25, 0.3) is 0 Å². The first-order valence-corrected chi connectivity index (χ1v) is 6.94. The van der Waals surface area contributed by atoms with Crippen LogP contribution in [0.4, 0.5) is 10.6 Å². The maximum Gasteiger partial charge on any atom is 0.413 e. The predicted molar refractivity (Wildman–Crippen MR) is 81.6 cm³/mol. The summed E-state index contributed by atoms with van der Waals surface area (Å²) in [4.78, 5) is 11.8. The minimum absolute atomic E-state index is 0.506. The van der Waals surface area contributed by atoms with Gasteiger partial charge >= 0.3 is 6.09 Å². The summed E-state index contributed by atoms with van der Waals surface area (Å²) in [5.41, 5.74) is 1.19. The van der Waals surface area contributed by atoms with Crippen molar-refractivity contribution in [2.24, 2.45) is 0 Å². The van der Waals surface area contributed by atoms with Crippen LogP contribution in [-0.4, -0.2) is 21.9 Å². The number of rotatable bonds is 2. The van der Waals surface area contributed by atoms with E-state index in [0.717, 1.165) is 15.6 Å². The molecule has 0 aliphatic carbocycles. The summed E-state index contributed by atoms with van der Waals surface area (Å²) in [6.45, 7) is 5.44. The van der Waals surface area contributed by atoms with Gasteiger partial charge in [-0.25, -0.2) is 4.79 Å². The summed E-state index contributed by atoms with van der Waals surface area (Å²) in [7, 11) is 0. The predicted octanol–water partition coefficient (Wildman–Crippen LogP) is 4.19. The second kappa shape index (κ2) is 5.66. The molecule has 0 bridgehead atoms. The van der Waals surface area contributed by atoms with E-state index >= 15 is 0 Å². The number of carbonyl (C=O) groups excluding carboxylic acids is 1. The number of aromatic amines is 1. The van der Waals surface area contributed by atoms with E-state index in [0.29, 0.717) is 5.82 Å². The molecule has 0 spiro atoms. The molecule has 0 saturated carbocycles. The van der Waals surface area contributed by atoms with E-state index < -0.39 is 11.7 Å². The van der Waals surface area contributed by atoms with Crippen molar-refractivity contribution in [1.82, 2.24) is 10.2 Å². The van der Waals surface area contributed by atoms with Crippen LogP contribution in [0.15, 0.2) is 34.9 Å². The van der Waals surface area contributed by atoms with Crippen molar-refractivity contribution in [1.29, 1.82) is 0 Å². The molecule has 1 amide bonds. The number of halogens is 1. The minimum Gasteiger partial charge on any atom is -0.444 e. The van der Waals surface area contributed by atoms with Gasteiger partial charge in [0, 0.05) is 15.6 Å². The van der Waals surface area contributed by atoms with Crippen LogP contribution in [0.25, 0.3) is 11.1 Å². The zero-order chi connectivity index (χ0) is 14.8. The normalized spacial score (nSPS) is 11.2. The number of nitrogens with zero attached hydrogens (tertiary/aromatic N) is 1. The first-order chi connectivity index (χ1) is 9.37. The zero-order valence-corrected chi connectivity index (χ0v) is 13.1. The third-order valence-corrected chi connectivity index (χ3v) is 3.12. The number of amides is 1. The Hall–Kier alpha value is -1.82. The summed E-state index contributed by atoms with van der Waals surface area (Å²) in [5, 5.41) is 9.41. The first kappa shape index (κ1) is 14.6. The molecular formula is C14H16BrN3O2. The molecule has 2 N–H and O–H groups in total. The monoisotopic (exact) mass is 337 g/mol. The number of nitrogens with one attached hydrogen (secondary N) is 2. The molecule has 6 heteroatoms. The van der Waals surface area contributed by atoms with E-state index in [1.54, 1.807) is 6.20 Å². The number of hydrogen-bond donors (Lipinski definition) is 2. The molecule has 20 heavy (non-hydrogen) atoms. The number of benzene rings is 1. The van der Waals surface area contributed by atoms with Crippen LogP contribution >= 0.6 is 15.9 Å². The minimum atomic E-state index is -0.544. The van der Waals surface area contributed by atoms with E-state index in [9.17, 15) is 4.79 Å². The number of aromatic nitrogens is 2. The number of carbonyl (C=O) groups is 1. The number of H-pyrrole nitrogens is 1. The van der Waals surface area contributed by atoms with Crippen molar-refractivity contribution in [2.75, 3.05) is 5.32 Å². The van der Waals surface area contributed by atoms with Gasteiger partial charge in [0.15, 0.2) is 0 Å². The first-order valence-electron chi connectivity index (χ1n) is 6.15. The van der Waals surface area contributed by atoms with E-state index in [1.165, 1.54) is 0 Å². The van der Waals surface area contributed by atoms with Gasteiger partial charge in [0.2, 0.25) is 0 Å². The average molecular weight is 338 g/mol. The van der Waals surface area contributed by atoms with Crippen molar-refractivity contribution in [2.45, 2.75) is 26.4 Å². The van der Waals surface area contributed by atoms with Crippen LogP contribution in [0.1, 0.15) is 20.8 Å². The standard InChI is InChI=1S/C14H16BrN3O2/c1-14(2,3)20-13(19)17-12-10(8-16-18-12)9-6-4-5-7-11(9)15/h4-8H,1-3H3,(H2,16,17,18,19). The molecule has 0 radical (unpaired) electrons. The molecule has 0 aliphatic rings. The van der Waals surface area contributed by atoms with Gasteiger partial charge in [-0.15, -0.1) is 0 Å². The van der Waals surface area contributed by atoms with Crippen LogP contribution in [0, 0.1) is 0 Å². The molecule has 0 atom stereocenters. The van der Waals surface area contributed by atoms with E-state index in [-0.39, 0.29) is 0 Å². The van der Waals surface area contributed by atoms with Crippen molar-refractivity contribution in [3.8, 4) is 11.1 Å². The molecule has 0 aliphatic heterocycles. The van der Waals surface area contributed by atoms with Gasteiger partial charge in [-0.1, -0.05) is 34.1 Å². The Morgan fingerprint density at radius 3 is 2.65 bits per heavy atom. The van der Waals surface area contributed by atoms with Crippen molar-refractivity contribution in [3.63, 3.8) is 0 Å². The van der Waals surface area contributed by atoms with Crippen molar-refractivity contribution < 1.29 is 9.53 Å². The summed E-state index contributed by atoms with van der Waals surface area (Å²) >= 11 is 3.48. The molecule has 0 saturated heterocycles. The lowest BCUT2D eigenvalue weighted by molar-refractivity contribution is 0.0635. The maximum atomic E-state index is 11.8. The topological polar surface area (TPSA) is 67.0 Å². The molecular weight excluding hydrogens is 322 g/mol. The van der Waals surface area contributed by atoms with Gasteiger partial charge in [0.05, 0.1) is 6.20 Å². The molecule has 0 fully saturated rings. The van der Waals surface area contributed by atoms with Crippen LogP contribution in [0.2, 0.25) is 0 Å². The number of hydrogen-bond acceptors (Lipinski definition) is 3. The van der Waals surface area contributed by atoms with Crippen LogP contribution < -0.4 is 5.32 Å². The van der Waals surface area contributed by atoms with Gasteiger partial charge in [-0.2, -0.15) is 5.10 Å². The number of ether oxygens (including phenoxy) is 1. The zero-order valence-electron chi connectivity index (χ0n) is 11.5. The highest BCUT2D eigenvalue weighted by Gasteiger charge is 2.18. The summed E-state index contributed by atoms with van der Waals surface area (Å²) in [6, 6.07) is 7.72. The third-order valence-electron chi connectivity index (χ3n) is 2.43. The Bertz CT molecular complexity index is 617. The second-order valence-corrected chi connectivity index (χ2v) is 6.12. The maximum absolute atomic E-state index is 11.8. The molecule has 1 aromatic carbocycles. The molecule has 2 aromatic rings. The quantitative estimate of drug-likeness (QED) is 0.863. The van der Waals surface area contributed by atoms with E-state index in [1.807, 2.05) is 45.0 Å². The molecule has 1 aromatic heterocycles. The van der Waals surface area contributed by atoms with Gasteiger partial charge < -0.3 is 4.74 Å². The van der Waals surface area contributed by atoms with E-state index in [2.05, 4.69) is 31.4 Å². The Labute approximate surface area is 125 Å². The Morgan fingerprint density at radius 2 is 2.00 bits per heavy atom. The third kappa shape index (κ3) is 3.60. The highest BCUT2D eigenvalue weighted by molar-refractivity contribution is 9.10. The lowest BCUT2D eigenvalue weighted by Crippen LogP contribution is -2.27. The lowest BCUT2D eigenvalue weighted by Gasteiger charge is -2.19. The summed E-state index contributed by atoms with van der Waals surface area (Å²) < 4.78 is 6.15.